The Morgan fingerprint density at radius 2 is 0.786 bits per heavy atom. The second kappa shape index (κ2) is 16.9. The molecule has 0 saturated carbocycles. The van der Waals surface area contributed by atoms with Crippen LogP contribution in [0, 0.1) is 21.6 Å². The molecule has 0 aliphatic rings. The van der Waals surface area contributed by atoms with E-state index in [4.69, 9.17) is 54.0 Å². The molecule has 10 nitrogen and oxygen atoms in total. The minimum Gasteiger partial charge on any atom is -0.489 e. The summed E-state index contributed by atoms with van der Waals surface area (Å²) in [5.41, 5.74) is 27.9. The lowest BCUT2D eigenvalue weighted by atomic mass is 10.1. The Bertz CT molecular complexity index is 1260. The van der Waals surface area contributed by atoms with Crippen molar-refractivity contribution in [1.29, 1.82) is 21.6 Å². The molecule has 0 unspecified atom stereocenters. The minimum absolute atomic E-state index is 0.0442. The van der Waals surface area contributed by atoms with Crippen molar-refractivity contribution in [2.75, 3.05) is 0 Å². The Kier molecular flexibility index (Phi) is 13.3. The predicted octanol–water partition coefficient (Wildman–Crippen LogP) is 5.35. The Morgan fingerprint density at radius 1 is 0.500 bits per heavy atom. The summed E-state index contributed by atoms with van der Waals surface area (Å²) in [5, 5.41) is 30.3. The van der Waals surface area contributed by atoms with Crippen LogP contribution in [0.2, 0.25) is 0 Å². The van der Waals surface area contributed by atoms with Crippen LogP contribution in [-0.2, 0) is 36.2 Å². The summed E-state index contributed by atoms with van der Waals surface area (Å²) in [5.74, 6) is 3.48. The first-order chi connectivity index (χ1) is 20.1. The third-order valence-electron chi connectivity index (χ3n) is 5.54. The average Bonchev–Trinajstić information content (AvgIpc) is 2.95. The molecular formula is C28H34N8O2S4. The first-order valence-electron chi connectivity index (χ1n) is 12.5. The fraction of sp³-hybridized carbons (Fsp3) is 0.214. The Balaban J connectivity index is 1.74. The van der Waals surface area contributed by atoms with Crippen molar-refractivity contribution < 1.29 is 9.47 Å². The quantitative estimate of drug-likeness (QED) is 0.0832. The molecule has 0 aromatic heterocycles. The number of hydrogen-bond acceptors (Lipinski definition) is 10. The van der Waals surface area contributed by atoms with Crippen molar-refractivity contribution in [3.05, 3.63) is 94.0 Å². The van der Waals surface area contributed by atoms with Crippen molar-refractivity contribution in [2.45, 2.75) is 36.2 Å². The first-order valence-corrected chi connectivity index (χ1v) is 16.5. The van der Waals surface area contributed by atoms with Gasteiger partial charge in [0, 0.05) is 23.0 Å². The molecule has 42 heavy (non-hydrogen) atoms. The smallest absolute Gasteiger partial charge is 0.151 e. The summed E-state index contributed by atoms with van der Waals surface area (Å²) >= 11 is 4.95. The largest absolute Gasteiger partial charge is 0.489 e. The Labute approximate surface area is 262 Å². The molecule has 0 aliphatic carbocycles. The molecule has 0 aliphatic heterocycles. The highest BCUT2D eigenvalue weighted by molar-refractivity contribution is 8.13. The minimum atomic E-state index is 0.0442. The molecule has 0 spiro atoms. The third-order valence-corrected chi connectivity index (χ3v) is 8.69. The van der Waals surface area contributed by atoms with Gasteiger partial charge in [0.25, 0.3) is 0 Å². The van der Waals surface area contributed by atoms with Crippen molar-refractivity contribution in [3.8, 4) is 11.5 Å². The van der Waals surface area contributed by atoms with Gasteiger partial charge in [-0.3, -0.25) is 21.6 Å². The van der Waals surface area contributed by atoms with Crippen LogP contribution in [0.15, 0.2) is 60.7 Å². The topological polar surface area (TPSA) is 218 Å². The number of nitrogens with two attached hydrogens (primary N) is 4. The number of hydrogen-bond donors (Lipinski definition) is 8. The molecule has 0 heterocycles. The van der Waals surface area contributed by atoms with Crippen LogP contribution in [-0.4, -0.2) is 20.7 Å². The van der Waals surface area contributed by atoms with Gasteiger partial charge in [0.15, 0.2) is 20.7 Å². The molecule has 0 amide bonds. The number of thioether (sulfide) groups is 4. The van der Waals surface area contributed by atoms with Gasteiger partial charge in [-0.25, -0.2) is 0 Å². The Morgan fingerprint density at radius 3 is 1.05 bits per heavy atom. The fourth-order valence-corrected chi connectivity index (χ4v) is 5.72. The monoisotopic (exact) mass is 642 g/mol. The van der Waals surface area contributed by atoms with E-state index in [0.717, 1.165) is 33.4 Å². The number of rotatable bonds is 14. The lowest BCUT2D eigenvalue weighted by Gasteiger charge is -2.15. The van der Waals surface area contributed by atoms with Crippen LogP contribution in [0.1, 0.15) is 33.4 Å². The van der Waals surface area contributed by atoms with E-state index < -0.39 is 0 Å². The lowest BCUT2D eigenvalue weighted by molar-refractivity contribution is 0.285. The van der Waals surface area contributed by atoms with Crippen molar-refractivity contribution in [1.82, 2.24) is 0 Å². The maximum absolute atomic E-state index is 7.53. The van der Waals surface area contributed by atoms with Crippen LogP contribution in [0.25, 0.3) is 0 Å². The maximum Gasteiger partial charge on any atom is 0.151 e. The summed E-state index contributed by atoms with van der Waals surface area (Å²) < 4.78 is 12.4. The SMILES string of the molecule is N=C(N)SCc1cc(CSC(=N)N)cc(OCc2ccccc2COc2cc(CSC(=N)N)cc(CSC(=N)N)c2)c1. The molecular weight excluding hydrogens is 609 g/mol. The highest BCUT2D eigenvalue weighted by Gasteiger charge is 2.10. The molecule has 222 valence electrons. The Hall–Kier alpha value is -3.46. The van der Waals surface area contributed by atoms with Crippen LogP contribution >= 0.6 is 47.0 Å². The average molecular weight is 643 g/mol. The summed E-state index contributed by atoms with van der Waals surface area (Å²) in [6.07, 6.45) is 0. The normalized spacial score (nSPS) is 10.7. The van der Waals surface area contributed by atoms with E-state index in [1.165, 1.54) is 47.0 Å². The molecule has 12 N–H and O–H groups in total. The number of amidine groups is 4. The summed E-state index contributed by atoms with van der Waals surface area (Å²) in [6, 6.07) is 19.6. The number of ether oxygens (including phenoxy) is 2. The van der Waals surface area contributed by atoms with Gasteiger partial charge in [0.1, 0.15) is 24.7 Å². The third kappa shape index (κ3) is 12.2. The summed E-state index contributed by atoms with van der Waals surface area (Å²) in [6.45, 7) is 0.635. The van der Waals surface area contributed by atoms with Crippen LogP contribution < -0.4 is 32.4 Å². The van der Waals surface area contributed by atoms with E-state index in [1.807, 2.05) is 60.7 Å². The molecule has 3 rings (SSSR count). The first kappa shape index (κ1) is 33.0. The molecule has 0 radical (unpaired) electrons. The van der Waals surface area contributed by atoms with Crippen molar-refractivity contribution >= 4 is 67.7 Å². The zero-order valence-corrected chi connectivity index (χ0v) is 26.0. The van der Waals surface area contributed by atoms with Gasteiger partial charge < -0.3 is 32.4 Å². The van der Waals surface area contributed by atoms with Crippen molar-refractivity contribution in [2.24, 2.45) is 22.9 Å². The number of benzene rings is 3. The van der Waals surface area contributed by atoms with Crippen LogP contribution in [0.5, 0.6) is 11.5 Å². The van der Waals surface area contributed by atoms with Crippen LogP contribution in [0.4, 0.5) is 0 Å². The zero-order valence-electron chi connectivity index (χ0n) is 22.8. The lowest BCUT2D eigenvalue weighted by Crippen LogP contribution is -2.06. The van der Waals surface area contributed by atoms with Gasteiger partial charge in [-0.05, 0) is 57.6 Å². The van der Waals surface area contributed by atoms with E-state index in [-0.39, 0.29) is 20.7 Å². The molecule has 0 fully saturated rings. The zero-order chi connectivity index (χ0) is 30.5. The van der Waals surface area contributed by atoms with Gasteiger partial charge in [0.2, 0.25) is 0 Å². The van der Waals surface area contributed by atoms with E-state index in [9.17, 15) is 0 Å². The van der Waals surface area contributed by atoms with E-state index >= 15 is 0 Å². The van der Waals surface area contributed by atoms with E-state index in [1.54, 1.807) is 0 Å². The second-order valence-electron chi connectivity index (χ2n) is 8.93. The highest BCUT2D eigenvalue weighted by Crippen LogP contribution is 2.27. The fourth-order valence-electron chi connectivity index (χ4n) is 3.76. The highest BCUT2D eigenvalue weighted by atomic mass is 32.2. The predicted molar refractivity (Wildman–Crippen MR) is 181 cm³/mol. The number of nitrogens with one attached hydrogen (secondary N) is 4. The molecule has 0 bridgehead atoms. The standard InChI is InChI=1S/C28H34N8O2S4/c29-25(30)39-13-17-5-18(14-40-26(31)32)8-23(7-17)37-11-21-3-1-2-4-22(21)12-38-24-9-19(15-41-27(33)34)6-20(10-24)16-42-28(35)36/h1-10H,11-16H2,(H3,29,30)(H3,31,32)(H3,33,34)(H3,35,36). The van der Waals surface area contributed by atoms with E-state index in [2.05, 4.69) is 0 Å². The maximum atomic E-state index is 7.53. The molecule has 0 saturated heterocycles. The van der Waals surface area contributed by atoms with Gasteiger partial charge >= 0.3 is 0 Å². The van der Waals surface area contributed by atoms with Crippen molar-refractivity contribution in [3.63, 3.8) is 0 Å². The van der Waals surface area contributed by atoms with Gasteiger partial charge in [0.05, 0.1) is 0 Å². The van der Waals surface area contributed by atoms with Gasteiger partial charge in [-0.15, -0.1) is 0 Å². The van der Waals surface area contributed by atoms with Gasteiger partial charge in [-0.2, -0.15) is 0 Å². The summed E-state index contributed by atoms with van der Waals surface area (Å²) in [4.78, 5) is 0. The van der Waals surface area contributed by atoms with E-state index in [0.29, 0.717) is 47.7 Å². The molecule has 14 heteroatoms. The molecule has 3 aromatic rings. The molecule has 3 aromatic carbocycles. The van der Waals surface area contributed by atoms with Crippen LogP contribution in [0.3, 0.4) is 0 Å². The summed E-state index contributed by atoms with van der Waals surface area (Å²) in [7, 11) is 0. The second-order valence-corrected chi connectivity index (χ2v) is 13.0. The molecule has 0 atom stereocenters. The van der Waals surface area contributed by atoms with Gasteiger partial charge in [-0.1, -0.05) is 83.4 Å².